The Morgan fingerprint density at radius 3 is 2.32 bits per heavy atom. The number of nitrogens with zero attached hydrogens (tertiary/aromatic N) is 1. The quantitative estimate of drug-likeness (QED) is 0.361. The van der Waals surface area contributed by atoms with E-state index >= 15 is 0 Å². The molecule has 3 aromatic rings. The zero-order valence-corrected chi connectivity index (χ0v) is 19.4. The van der Waals surface area contributed by atoms with Crippen molar-refractivity contribution in [1.82, 2.24) is 4.90 Å². The van der Waals surface area contributed by atoms with Crippen LogP contribution in [0.4, 0.5) is 13.2 Å². The van der Waals surface area contributed by atoms with Crippen molar-refractivity contribution in [3.05, 3.63) is 94.0 Å². The first-order valence-electron chi connectivity index (χ1n) is 10.5. The first kappa shape index (κ1) is 25.3. The highest BCUT2D eigenvalue weighted by atomic mass is 35.5. The molecule has 0 fully saturated rings. The number of hydrogen-bond acceptors (Lipinski definition) is 3. The predicted molar refractivity (Wildman–Crippen MR) is 124 cm³/mol. The summed E-state index contributed by atoms with van der Waals surface area (Å²) in [5, 5.41) is 0.329. The minimum Gasteiger partial charge on any atom is -0.469 e. The second kappa shape index (κ2) is 10.7. The average Bonchev–Trinajstić information content (AvgIpc) is 2.81. The van der Waals surface area contributed by atoms with E-state index in [-0.39, 0.29) is 18.9 Å². The van der Waals surface area contributed by atoms with Crippen LogP contribution in [0.25, 0.3) is 11.1 Å². The smallest absolute Gasteiger partial charge is 0.416 e. The summed E-state index contributed by atoms with van der Waals surface area (Å²) in [4.78, 5) is 26.2. The largest absolute Gasteiger partial charge is 0.469 e. The van der Waals surface area contributed by atoms with Gasteiger partial charge in [-0.3, -0.25) is 9.59 Å². The number of halogens is 4. The molecule has 0 aliphatic carbocycles. The summed E-state index contributed by atoms with van der Waals surface area (Å²) in [6.07, 6.45) is -4.58. The summed E-state index contributed by atoms with van der Waals surface area (Å²) in [6, 6.07) is 16.9. The highest BCUT2D eigenvalue weighted by Gasteiger charge is 2.31. The van der Waals surface area contributed by atoms with Gasteiger partial charge in [0.1, 0.15) is 0 Å². The van der Waals surface area contributed by atoms with E-state index in [1.165, 1.54) is 18.1 Å². The maximum Gasteiger partial charge on any atom is 0.416 e. The Morgan fingerprint density at radius 2 is 1.71 bits per heavy atom. The van der Waals surface area contributed by atoms with Gasteiger partial charge in [-0.05, 0) is 65.6 Å². The number of alkyl halides is 3. The summed E-state index contributed by atoms with van der Waals surface area (Å²) in [7, 11) is 1.27. The molecule has 0 radical (unpaired) electrons. The van der Waals surface area contributed by atoms with Gasteiger partial charge in [0.2, 0.25) is 0 Å². The van der Waals surface area contributed by atoms with Gasteiger partial charge >= 0.3 is 12.1 Å². The summed E-state index contributed by atoms with van der Waals surface area (Å²) < 4.78 is 45.2. The van der Waals surface area contributed by atoms with Gasteiger partial charge < -0.3 is 9.64 Å². The van der Waals surface area contributed by atoms with Crippen LogP contribution < -0.4 is 0 Å². The Bertz CT molecular complexity index is 1180. The van der Waals surface area contributed by atoms with Crippen molar-refractivity contribution in [3.63, 3.8) is 0 Å². The lowest BCUT2D eigenvalue weighted by atomic mass is 9.95. The lowest BCUT2D eigenvalue weighted by molar-refractivity contribution is -0.140. The number of carbonyl (C=O) groups is 2. The molecule has 34 heavy (non-hydrogen) atoms. The summed E-state index contributed by atoms with van der Waals surface area (Å²) in [5.41, 5.74) is 1.53. The lowest BCUT2D eigenvalue weighted by Gasteiger charge is -2.24. The SMILES string of the molecule is CCN(Cc1cc(C(F)(F)F)ccc1-c1cc(Cl)cc(CC(=O)OC)c1)C(=O)c1ccccc1. The van der Waals surface area contributed by atoms with Crippen molar-refractivity contribution in [3.8, 4) is 11.1 Å². The van der Waals surface area contributed by atoms with Gasteiger partial charge in [0.15, 0.2) is 0 Å². The van der Waals surface area contributed by atoms with Crippen LogP contribution >= 0.6 is 11.6 Å². The summed E-state index contributed by atoms with van der Waals surface area (Å²) in [5.74, 6) is -0.754. The average molecular weight is 490 g/mol. The Kier molecular flexibility index (Phi) is 7.99. The first-order valence-corrected chi connectivity index (χ1v) is 10.9. The monoisotopic (exact) mass is 489 g/mol. The number of amides is 1. The molecular weight excluding hydrogens is 467 g/mol. The number of hydrogen-bond donors (Lipinski definition) is 0. The summed E-state index contributed by atoms with van der Waals surface area (Å²) in [6.45, 7) is 2.02. The molecule has 0 bridgehead atoms. The molecule has 3 aromatic carbocycles. The fourth-order valence-electron chi connectivity index (χ4n) is 3.63. The van der Waals surface area contributed by atoms with E-state index in [4.69, 9.17) is 16.3 Å². The molecule has 0 aliphatic rings. The molecule has 8 heteroatoms. The number of benzene rings is 3. The Hall–Kier alpha value is -3.32. The normalized spacial score (nSPS) is 11.2. The molecule has 1 amide bonds. The van der Waals surface area contributed by atoms with Crippen molar-refractivity contribution >= 4 is 23.5 Å². The third kappa shape index (κ3) is 6.17. The standard InChI is InChI=1S/C26H23ClF3NO3/c1-3-31(25(33)18-7-5-4-6-8-18)16-20-14-21(26(28,29)30)9-10-23(20)19-11-17(12-22(27)15-19)13-24(32)34-2/h4-12,14-15H,3,13,16H2,1-2H3. The number of rotatable bonds is 7. The Balaban J connectivity index is 2.07. The lowest BCUT2D eigenvalue weighted by Crippen LogP contribution is -2.30. The van der Waals surface area contributed by atoms with Crippen LogP contribution in [0.15, 0.2) is 66.7 Å². The van der Waals surface area contributed by atoms with Gasteiger partial charge in [0.25, 0.3) is 5.91 Å². The first-order chi connectivity index (χ1) is 16.1. The van der Waals surface area contributed by atoms with Crippen LogP contribution in [0.3, 0.4) is 0 Å². The van der Waals surface area contributed by atoms with E-state index in [1.807, 2.05) is 0 Å². The van der Waals surface area contributed by atoms with Crippen molar-refractivity contribution in [2.24, 2.45) is 0 Å². The maximum atomic E-state index is 13.5. The fraction of sp³-hybridized carbons (Fsp3) is 0.231. The van der Waals surface area contributed by atoms with Gasteiger partial charge in [-0.1, -0.05) is 41.9 Å². The van der Waals surface area contributed by atoms with Gasteiger partial charge in [-0.15, -0.1) is 0 Å². The van der Waals surface area contributed by atoms with Crippen molar-refractivity contribution < 1.29 is 27.5 Å². The molecule has 0 aromatic heterocycles. The molecule has 0 saturated heterocycles. The third-order valence-corrected chi connectivity index (χ3v) is 5.55. The number of methoxy groups -OCH3 is 1. The Labute approximate surface area is 200 Å². The number of esters is 1. The van der Waals surface area contributed by atoms with Crippen molar-refractivity contribution in [1.29, 1.82) is 0 Å². The van der Waals surface area contributed by atoms with E-state index in [9.17, 15) is 22.8 Å². The van der Waals surface area contributed by atoms with Crippen LogP contribution in [0.1, 0.15) is 34.0 Å². The Morgan fingerprint density at radius 1 is 1.00 bits per heavy atom. The third-order valence-electron chi connectivity index (χ3n) is 5.33. The van der Waals surface area contributed by atoms with Crippen molar-refractivity contribution in [2.75, 3.05) is 13.7 Å². The van der Waals surface area contributed by atoms with Crippen LogP contribution in [0.5, 0.6) is 0 Å². The van der Waals surface area contributed by atoms with Crippen LogP contribution in [0, 0.1) is 0 Å². The van der Waals surface area contributed by atoms with Gasteiger partial charge in [-0.25, -0.2) is 0 Å². The van der Waals surface area contributed by atoms with Gasteiger partial charge in [0.05, 0.1) is 19.1 Å². The molecule has 3 rings (SSSR count). The molecule has 0 aliphatic heterocycles. The molecule has 178 valence electrons. The maximum absolute atomic E-state index is 13.5. The second-order valence-electron chi connectivity index (χ2n) is 7.66. The molecular formula is C26H23ClF3NO3. The van der Waals surface area contributed by atoms with E-state index in [0.717, 1.165) is 12.1 Å². The minimum atomic E-state index is -4.54. The van der Waals surface area contributed by atoms with E-state index in [1.54, 1.807) is 55.5 Å². The highest BCUT2D eigenvalue weighted by molar-refractivity contribution is 6.31. The van der Waals surface area contributed by atoms with Crippen LogP contribution in [-0.4, -0.2) is 30.4 Å². The topological polar surface area (TPSA) is 46.6 Å². The molecule has 0 unspecified atom stereocenters. The van der Waals surface area contributed by atoms with Crippen LogP contribution in [0.2, 0.25) is 5.02 Å². The zero-order chi connectivity index (χ0) is 24.9. The van der Waals surface area contributed by atoms with Gasteiger partial charge in [0, 0.05) is 23.7 Å². The fourth-order valence-corrected chi connectivity index (χ4v) is 3.88. The zero-order valence-electron chi connectivity index (χ0n) is 18.7. The molecule has 0 N–H and O–H groups in total. The molecule has 0 heterocycles. The summed E-state index contributed by atoms with van der Waals surface area (Å²) >= 11 is 6.25. The number of carbonyl (C=O) groups excluding carboxylic acids is 2. The number of ether oxygens (including phenoxy) is 1. The molecule has 4 nitrogen and oxygen atoms in total. The van der Waals surface area contributed by atoms with Crippen molar-refractivity contribution in [2.45, 2.75) is 26.1 Å². The molecule has 0 spiro atoms. The van der Waals surface area contributed by atoms with E-state index in [2.05, 4.69) is 0 Å². The predicted octanol–water partition coefficient (Wildman–Crippen LogP) is 6.40. The van der Waals surface area contributed by atoms with E-state index < -0.39 is 17.7 Å². The molecule has 0 atom stereocenters. The highest BCUT2D eigenvalue weighted by Crippen LogP contribution is 2.35. The second-order valence-corrected chi connectivity index (χ2v) is 8.09. The molecule has 0 saturated carbocycles. The van der Waals surface area contributed by atoms with Crippen LogP contribution in [-0.2, 0) is 28.7 Å². The van der Waals surface area contributed by atoms with Gasteiger partial charge in [-0.2, -0.15) is 13.2 Å². The van der Waals surface area contributed by atoms with E-state index in [0.29, 0.717) is 39.4 Å². The minimum absolute atomic E-state index is 0.0341.